The van der Waals surface area contributed by atoms with Crippen molar-refractivity contribution in [1.29, 1.82) is 0 Å². The van der Waals surface area contributed by atoms with Gasteiger partial charge in [0.05, 0.1) is 12.7 Å². The first-order valence-corrected chi connectivity index (χ1v) is 11.3. The Morgan fingerprint density at radius 2 is 2.06 bits per heavy atom. The van der Waals surface area contributed by atoms with Gasteiger partial charge in [0.1, 0.15) is 18.1 Å². The van der Waals surface area contributed by atoms with Crippen LogP contribution in [0, 0.1) is 0 Å². The van der Waals surface area contributed by atoms with E-state index in [9.17, 15) is 24.0 Å². The predicted octanol–water partition coefficient (Wildman–Crippen LogP) is -1.41. The first-order valence-electron chi connectivity index (χ1n) is 11.3. The number of nitrogens with one attached hydrogen (secondary N) is 3. The number of imide groups is 1. The number of nitrogens with zero attached hydrogens (tertiary/aromatic N) is 3. The Hall–Kier alpha value is -3.48. The van der Waals surface area contributed by atoms with Crippen LogP contribution in [0.3, 0.4) is 0 Å². The van der Waals surface area contributed by atoms with Crippen LogP contribution in [-0.4, -0.2) is 86.1 Å². The van der Waals surface area contributed by atoms with E-state index in [2.05, 4.69) is 20.6 Å². The lowest BCUT2D eigenvalue weighted by molar-refractivity contribution is -0.141. The average Bonchev–Trinajstić information content (AvgIpc) is 3.46. The van der Waals surface area contributed by atoms with Crippen molar-refractivity contribution in [1.82, 2.24) is 30.4 Å². The highest BCUT2D eigenvalue weighted by molar-refractivity contribution is 6.03. The van der Waals surface area contributed by atoms with Gasteiger partial charge in [0.2, 0.25) is 23.6 Å². The summed E-state index contributed by atoms with van der Waals surface area (Å²) < 4.78 is 0. The summed E-state index contributed by atoms with van der Waals surface area (Å²) >= 11 is 0. The number of amides is 6. The van der Waals surface area contributed by atoms with Gasteiger partial charge in [-0.05, 0) is 19.3 Å². The van der Waals surface area contributed by atoms with Crippen molar-refractivity contribution in [2.75, 3.05) is 13.1 Å². The Labute approximate surface area is 197 Å². The summed E-state index contributed by atoms with van der Waals surface area (Å²) in [7, 11) is 0. The lowest BCUT2D eigenvalue weighted by atomic mass is 10.1. The molecular formula is C21H33N7O6. The second kappa shape index (κ2) is 12.1. The van der Waals surface area contributed by atoms with Crippen molar-refractivity contribution < 1.29 is 29.4 Å². The second-order valence-corrected chi connectivity index (χ2v) is 8.39. The number of aromatic nitrogens is 2. The fourth-order valence-corrected chi connectivity index (χ4v) is 4.20. The third-order valence-corrected chi connectivity index (χ3v) is 5.98. The fourth-order valence-electron chi connectivity index (χ4n) is 4.20. The van der Waals surface area contributed by atoms with Crippen molar-refractivity contribution in [2.24, 2.45) is 5.73 Å². The molecule has 0 saturated carbocycles. The predicted molar refractivity (Wildman–Crippen MR) is 120 cm³/mol. The first kappa shape index (κ1) is 26.8. The Balaban J connectivity index is 0.00000408. The lowest BCUT2D eigenvalue weighted by Gasteiger charge is -2.32. The number of urea groups is 1. The first-order chi connectivity index (χ1) is 15.8. The number of imidazole rings is 1. The molecular weight excluding hydrogens is 446 g/mol. The van der Waals surface area contributed by atoms with E-state index in [1.807, 2.05) is 6.92 Å². The third kappa shape index (κ3) is 6.31. The maximum absolute atomic E-state index is 13.2. The minimum absolute atomic E-state index is 0. The van der Waals surface area contributed by atoms with Gasteiger partial charge in [0.25, 0.3) is 0 Å². The summed E-state index contributed by atoms with van der Waals surface area (Å²) in [5.41, 5.74) is 6.05. The van der Waals surface area contributed by atoms with Gasteiger partial charge in [0, 0.05) is 31.4 Å². The van der Waals surface area contributed by atoms with E-state index in [-0.39, 0.29) is 18.3 Å². The molecule has 13 nitrogen and oxygen atoms in total. The molecule has 0 aliphatic carbocycles. The molecule has 0 spiro atoms. The van der Waals surface area contributed by atoms with Gasteiger partial charge >= 0.3 is 6.03 Å². The van der Waals surface area contributed by atoms with Crippen molar-refractivity contribution >= 4 is 29.7 Å². The summed E-state index contributed by atoms with van der Waals surface area (Å²) in [5, 5.41) is 5.21. The van der Waals surface area contributed by atoms with Crippen molar-refractivity contribution in [3.63, 3.8) is 0 Å². The molecule has 3 rings (SSSR count). The number of carbonyl (C=O) groups is 5. The molecule has 2 saturated heterocycles. The molecule has 6 amide bonds. The number of rotatable bonds is 10. The second-order valence-electron chi connectivity index (χ2n) is 8.39. The minimum Gasteiger partial charge on any atom is -0.412 e. The maximum Gasteiger partial charge on any atom is 0.324 e. The number of nitrogens with two attached hydrogens (primary N) is 1. The molecule has 0 radical (unpaired) electrons. The van der Waals surface area contributed by atoms with Gasteiger partial charge in [-0.1, -0.05) is 19.8 Å². The van der Waals surface area contributed by atoms with Gasteiger partial charge in [-0.3, -0.25) is 24.1 Å². The summed E-state index contributed by atoms with van der Waals surface area (Å²) in [4.78, 5) is 72.1. The van der Waals surface area contributed by atoms with E-state index in [0.717, 1.165) is 17.7 Å². The number of carbonyl (C=O) groups excluding carboxylic acids is 5. The van der Waals surface area contributed by atoms with E-state index in [0.29, 0.717) is 38.0 Å². The summed E-state index contributed by atoms with van der Waals surface area (Å²) in [5.74, 6) is -2.12. The summed E-state index contributed by atoms with van der Waals surface area (Å²) in [6.07, 6.45) is 6.53. The molecule has 7 N–H and O–H groups in total. The Bertz CT molecular complexity index is 872. The number of primary amides is 1. The molecule has 2 fully saturated rings. The quantitative estimate of drug-likeness (QED) is 0.297. The fraction of sp³-hybridized carbons (Fsp3) is 0.619. The van der Waals surface area contributed by atoms with Crippen LogP contribution < -0.4 is 16.4 Å². The zero-order valence-electron chi connectivity index (χ0n) is 19.2. The van der Waals surface area contributed by atoms with Crippen LogP contribution in [-0.2, 0) is 25.6 Å². The smallest absolute Gasteiger partial charge is 0.324 e. The highest BCUT2D eigenvalue weighted by Gasteiger charge is 2.40. The summed E-state index contributed by atoms with van der Waals surface area (Å²) in [6.45, 7) is 2.68. The van der Waals surface area contributed by atoms with Crippen LogP contribution in [0.15, 0.2) is 12.5 Å². The van der Waals surface area contributed by atoms with Crippen LogP contribution >= 0.6 is 0 Å². The Kier molecular flexibility index (Phi) is 9.54. The van der Waals surface area contributed by atoms with Gasteiger partial charge in [-0.2, -0.15) is 0 Å². The standard InChI is InChI=1S/C21H31N7O5.H2O/c1-2-3-4-7-28-17(29)10-14(26-21(28)33)19(31)25-15(9-13-11-23-12-24-13)20(32)27-8-5-6-16(27)18(22)30;/h11-12,14-16H,2-10H2,1H3,(H2,22,30)(H,23,24)(H,25,31)(H,26,33);1H2/t14?,15-,16-;/m0./s1. The van der Waals surface area contributed by atoms with Crippen LogP contribution in [0.5, 0.6) is 0 Å². The molecule has 2 aliphatic rings. The number of hydrogen-bond donors (Lipinski definition) is 4. The number of aromatic amines is 1. The monoisotopic (exact) mass is 479 g/mol. The molecule has 34 heavy (non-hydrogen) atoms. The van der Waals surface area contributed by atoms with Gasteiger partial charge in [0.15, 0.2) is 0 Å². The Morgan fingerprint density at radius 1 is 1.29 bits per heavy atom. The number of hydrogen-bond acceptors (Lipinski definition) is 6. The lowest BCUT2D eigenvalue weighted by Crippen LogP contribution is -2.62. The van der Waals surface area contributed by atoms with E-state index >= 15 is 0 Å². The SMILES string of the molecule is CCCCCN1C(=O)CC(C(=O)N[C@@H](Cc2cnc[nH]2)C(=O)N2CCC[C@H]2C(N)=O)NC1=O.O. The van der Waals surface area contributed by atoms with Gasteiger partial charge in [-0.15, -0.1) is 0 Å². The normalized spacial score (nSPS) is 21.0. The van der Waals surface area contributed by atoms with Crippen LogP contribution in [0.2, 0.25) is 0 Å². The summed E-state index contributed by atoms with van der Waals surface area (Å²) in [6, 6.07) is -3.46. The van der Waals surface area contributed by atoms with Crippen LogP contribution in [0.25, 0.3) is 0 Å². The largest absolute Gasteiger partial charge is 0.412 e. The average molecular weight is 480 g/mol. The molecule has 1 unspecified atom stereocenters. The highest BCUT2D eigenvalue weighted by Crippen LogP contribution is 2.19. The van der Waals surface area contributed by atoms with Crippen LogP contribution in [0.4, 0.5) is 4.79 Å². The van der Waals surface area contributed by atoms with E-state index < -0.39 is 47.8 Å². The zero-order chi connectivity index (χ0) is 24.0. The molecule has 3 heterocycles. The minimum atomic E-state index is -1.09. The molecule has 0 aromatic carbocycles. The number of H-pyrrole nitrogens is 1. The molecule has 188 valence electrons. The van der Waals surface area contributed by atoms with Crippen molar-refractivity contribution in [3.8, 4) is 0 Å². The van der Waals surface area contributed by atoms with E-state index in [1.54, 1.807) is 0 Å². The number of unbranched alkanes of at least 4 members (excludes halogenated alkanes) is 2. The molecule has 1 aromatic heterocycles. The number of likely N-dealkylation sites (tertiary alicyclic amines) is 1. The molecule has 13 heteroatoms. The zero-order valence-corrected chi connectivity index (χ0v) is 19.2. The Morgan fingerprint density at radius 3 is 2.68 bits per heavy atom. The molecule has 0 bridgehead atoms. The van der Waals surface area contributed by atoms with E-state index in [1.165, 1.54) is 17.4 Å². The van der Waals surface area contributed by atoms with E-state index in [4.69, 9.17) is 5.73 Å². The van der Waals surface area contributed by atoms with Gasteiger partial charge in [-0.25, -0.2) is 9.78 Å². The van der Waals surface area contributed by atoms with Crippen molar-refractivity contribution in [3.05, 3.63) is 18.2 Å². The molecule has 1 aromatic rings. The van der Waals surface area contributed by atoms with Gasteiger partial charge < -0.3 is 31.7 Å². The third-order valence-electron chi connectivity index (χ3n) is 5.98. The molecule has 3 atom stereocenters. The van der Waals surface area contributed by atoms with Crippen LogP contribution in [0.1, 0.15) is 51.1 Å². The highest BCUT2D eigenvalue weighted by atomic mass is 16.2. The molecule has 2 aliphatic heterocycles. The van der Waals surface area contributed by atoms with Crippen molar-refractivity contribution in [2.45, 2.75) is 70.0 Å². The maximum atomic E-state index is 13.2. The topological polar surface area (TPSA) is 202 Å².